The van der Waals surface area contributed by atoms with Crippen molar-refractivity contribution < 1.29 is 19.3 Å². The van der Waals surface area contributed by atoms with Crippen LogP contribution in [0.2, 0.25) is 0 Å². The number of ether oxygens (including phenoxy) is 3. The van der Waals surface area contributed by atoms with E-state index in [4.69, 9.17) is 14.2 Å². The van der Waals surface area contributed by atoms with Crippen LogP contribution in [0.1, 0.15) is 20.8 Å². The molecule has 112 valence electrons. The SMILES string of the molecule is CC=CC1=CC(OC)(OC)C(O)(OC)C(C)=C1C=CC. The van der Waals surface area contributed by atoms with E-state index < -0.39 is 11.6 Å². The summed E-state index contributed by atoms with van der Waals surface area (Å²) in [7, 11) is 4.38. The first-order valence-electron chi connectivity index (χ1n) is 6.54. The molecule has 1 aliphatic rings. The van der Waals surface area contributed by atoms with Crippen LogP contribution in [-0.2, 0) is 14.2 Å². The predicted molar refractivity (Wildman–Crippen MR) is 79.1 cm³/mol. The molecule has 1 aliphatic carbocycles. The van der Waals surface area contributed by atoms with E-state index >= 15 is 0 Å². The van der Waals surface area contributed by atoms with Crippen LogP contribution < -0.4 is 0 Å². The van der Waals surface area contributed by atoms with Crippen molar-refractivity contribution >= 4 is 0 Å². The van der Waals surface area contributed by atoms with Gasteiger partial charge in [-0.1, -0.05) is 24.3 Å². The fraction of sp³-hybridized carbons (Fsp3) is 0.500. The molecule has 0 amide bonds. The zero-order valence-electron chi connectivity index (χ0n) is 13.1. The summed E-state index contributed by atoms with van der Waals surface area (Å²) in [5.74, 6) is -3.07. The average molecular weight is 280 g/mol. The largest absolute Gasteiger partial charge is 0.358 e. The van der Waals surface area contributed by atoms with Gasteiger partial charge < -0.3 is 19.3 Å². The van der Waals surface area contributed by atoms with Crippen LogP contribution in [0.25, 0.3) is 0 Å². The summed E-state index contributed by atoms with van der Waals surface area (Å²) >= 11 is 0. The first-order valence-corrected chi connectivity index (χ1v) is 6.54. The summed E-state index contributed by atoms with van der Waals surface area (Å²) in [5, 5.41) is 10.9. The summed E-state index contributed by atoms with van der Waals surface area (Å²) in [6, 6.07) is 0. The van der Waals surface area contributed by atoms with Crippen molar-refractivity contribution in [1.82, 2.24) is 0 Å². The molecule has 0 spiro atoms. The summed E-state index contributed by atoms with van der Waals surface area (Å²) in [6.07, 6.45) is 9.45. The molecule has 0 aromatic carbocycles. The van der Waals surface area contributed by atoms with Crippen LogP contribution in [0, 0.1) is 0 Å². The molecule has 0 saturated heterocycles. The van der Waals surface area contributed by atoms with Gasteiger partial charge in [0.2, 0.25) is 11.6 Å². The van der Waals surface area contributed by atoms with Crippen LogP contribution in [0.4, 0.5) is 0 Å². The number of aliphatic hydroxyl groups is 1. The molecule has 0 aromatic heterocycles. The monoisotopic (exact) mass is 280 g/mol. The van der Waals surface area contributed by atoms with Crippen molar-refractivity contribution in [3.05, 3.63) is 47.1 Å². The lowest BCUT2D eigenvalue weighted by Gasteiger charge is -2.45. The van der Waals surface area contributed by atoms with E-state index in [-0.39, 0.29) is 0 Å². The van der Waals surface area contributed by atoms with E-state index in [1.54, 1.807) is 6.08 Å². The highest BCUT2D eigenvalue weighted by atomic mass is 16.7. The maximum atomic E-state index is 10.9. The highest BCUT2D eigenvalue weighted by molar-refractivity contribution is 5.55. The highest BCUT2D eigenvalue weighted by Gasteiger charge is 2.56. The Balaban J connectivity index is 3.62. The Bertz CT molecular complexity index is 461. The minimum atomic E-state index is -1.68. The van der Waals surface area contributed by atoms with Crippen molar-refractivity contribution in [3.63, 3.8) is 0 Å². The molecule has 0 aliphatic heterocycles. The van der Waals surface area contributed by atoms with Gasteiger partial charge in [-0.05, 0) is 43.6 Å². The van der Waals surface area contributed by atoms with Crippen molar-refractivity contribution in [2.45, 2.75) is 32.3 Å². The van der Waals surface area contributed by atoms with Gasteiger partial charge in [0.05, 0.1) is 0 Å². The van der Waals surface area contributed by atoms with E-state index in [1.165, 1.54) is 21.3 Å². The first kappa shape index (κ1) is 16.9. The molecule has 20 heavy (non-hydrogen) atoms. The van der Waals surface area contributed by atoms with E-state index in [0.29, 0.717) is 5.57 Å². The maximum absolute atomic E-state index is 10.9. The number of rotatable bonds is 5. The molecule has 1 rings (SSSR count). The topological polar surface area (TPSA) is 47.9 Å². The Kier molecular flexibility index (Phi) is 5.48. The minimum Gasteiger partial charge on any atom is -0.358 e. The molecule has 0 fully saturated rings. The fourth-order valence-corrected chi connectivity index (χ4v) is 2.52. The number of hydrogen-bond donors (Lipinski definition) is 1. The van der Waals surface area contributed by atoms with Crippen molar-refractivity contribution in [2.75, 3.05) is 21.3 Å². The average Bonchev–Trinajstić information content (AvgIpc) is 2.47. The Morgan fingerprint density at radius 2 is 1.55 bits per heavy atom. The number of methoxy groups -OCH3 is 3. The molecule has 0 aromatic rings. The third-order valence-corrected chi connectivity index (χ3v) is 3.62. The first-order chi connectivity index (χ1) is 9.46. The lowest BCUT2D eigenvalue weighted by Crippen LogP contribution is -2.59. The van der Waals surface area contributed by atoms with Crippen molar-refractivity contribution in [3.8, 4) is 0 Å². The molecule has 1 N–H and O–H groups in total. The van der Waals surface area contributed by atoms with Crippen LogP contribution in [0.3, 0.4) is 0 Å². The normalized spacial score (nSPS) is 26.6. The Hall–Kier alpha value is -1.20. The quantitative estimate of drug-likeness (QED) is 0.787. The summed E-state index contributed by atoms with van der Waals surface area (Å²) < 4.78 is 16.2. The van der Waals surface area contributed by atoms with Crippen LogP contribution in [0.15, 0.2) is 47.1 Å². The molecule has 4 nitrogen and oxygen atoms in total. The van der Waals surface area contributed by atoms with Crippen molar-refractivity contribution in [2.24, 2.45) is 0 Å². The predicted octanol–water partition coefficient (Wildman–Crippen LogP) is 2.72. The second-order valence-corrected chi connectivity index (χ2v) is 4.56. The van der Waals surface area contributed by atoms with E-state index in [9.17, 15) is 5.11 Å². The maximum Gasteiger partial charge on any atom is 0.249 e. The Morgan fingerprint density at radius 1 is 1.00 bits per heavy atom. The zero-order valence-corrected chi connectivity index (χ0v) is 13.1. The Labute approximate surface area is 121 Å². The van der Waals surface area contributed by atoms with Gasteiger partial charge in [-0.25, -0.2) is 0 Å². The number of hydrogen-bond acceptors (Lipinski definition) is 4. The lowest BCUT2D eigenvalue weighted by molar-refractivity contribution is -0.342. The minimum absolute atomic E-state index is 0.636. The van der Waals surface area contributed by atoms with Crippen molar-refractivity contribution in [1.29, 1.82) is 0 Å². The Morgan fingerprint density at radius 3 is 1.95 bits per heavy atom. The molecule has 4 heteroatoms. The molecule has 1 unspecified atom stereocenters. The van der Waals surface area contributed by atoms with Gasteiger partial charge in [-0.2, -0.15) is 0 Å². The van der Waals surface area contributed by atoms with Gasteiger partial charge in [0.15, 0.2) is 0 Å². The number of allylic oxidation sites excluding steroid dienone is 6. The van der Waals surface area contributed by atoms with Gasteiger partial charge >= 0.3 is 0 Å². The van der Waals surface area contributed by atoms with Gasteiger partial charge in [-0.3, -0.25) is 0 Å². The lowest BCUT2D eigenvalue weighted by atomic mass is 9.82. The molecule has 1 atom stereocenters. The highest BCUT2D eigenvalue weighted by Crippen LogP contribution is 2.43. The van der Waals surface area contributed by atoms with E-state index in [2.05, 4.69) is 0 Å². The van der Waals surface area contributed by atoms with Crippen LogP contribution in [0.5, 0.6) is 0 Å². The van der Waals surface area contributed by atoms with Gasteiger partial charge in [0.1, 0.15) is 0 Å². The summed E-state index contributed by atoms with van der Waals surface area (Å²) in [5.41, 5.74) is 2.44. The molecular formula is C16H24O4. The summed E-state index contributed by atoms with van der Waals surface area (Å²) in [6.45, 7) is 5.66. The second kappa shape index (κ2) is 6.50. The molecular weight excluding hydrogens is 256 g/mol. The zero-order chi connectivity index (χ0) is 15.4. The van der Waals surface area contributed by atoms with Gasteiger partial charge in [0, 0.05) is 21.3 Å². The summed E-state index contributed by atoms with van der Waals surface area (Å²) in [4.78, 5) is 0. The smallest absolute Gasteiger partial charge is 0.249 e. The van der Waals surface area contributed by atoms with Gasteiger partial charge in [0.25, 0.3) is 0 Å². The van der Waals surface area contributed by atoms with E-state index in [0.717, 1.165) is 11.1 Å². The molecule has 0 radical (unpaired) electrons. The van der Waals surface area contributed by atoms with E-state index in [1.807, 2.05) is 45.1 Å². The third-order valence-electron chi connectivity index (χ3n) is 3.62. The molecule has 0 bridgehead atoms. The molecule has 0 saturated carbocycles. The second-order valence-electron chi connectivity index (χ2n) is 4.56. The molecule has 0 heterocycles. The van der Waals surface area contributed by atoms with Crippen LogP contribution in [-0.4, -0.2) is 38.0 Å². The fourth-order valence-electron chi connectivity index (χ4n) is 2.52. The third kappa shape index (κ3) is 2.40. The standard InChI is InChI=1S/C16H24O4/c1-7-9-13-11-15(18-4,19-5)16(17,20-6)12(3)14(13)10-8-2/h7-11,17H,1-6H3. The van der Waals surface area contributed by atoms with Crippen LogP contribution >= 0.6 is 0 Å². The van der Waals surface area contributed by atoms with Gasteiger partial charge in [-0.15, -0.1) is 0 Å².